The van der Waals surface area contributed by atoms with E-state index in [4.69, 9.17) is 37.6 Å². The molecule has 296 valence electrons. The monoisotopic (exact) mass is 758 g/mol. The minimum Gasteiger partial charge on any atom is -0.472 e. The van der Waals surface area contributed by atoms with Crippen LogP contribution >= 0.6 is 0 Å². The molecule has 6 fully saturated rings. The third-order valence-corrected chi connectivity index (χ3v) is 14.4. The molecular weight excluding hydrogens is 708 g/mol. The zero-order valence-corrected chi connectivity index (χ0v) is 32.1. The first kappa shape index (κ1) is 38.5. The maximum atomic E-state index is 15.8. The molecule has 0 aromatic carbocycles. The molecule has 3 heterocycles. The van der Waals surface area contributed by atoms with Crippen LogP contribution in [0.25, 0.3) is 0 Å². The van der Waals surface area contributed by atoms with Crippen molar-refractivity contribution in [3.8, 4) is 0 Å². The van der Waals surface area contributed by atoms with Crippen LogP contribution in [0.4, 0.5) is 0 Å². The van der Waals surface area contributed by atoms with Crippen LogP contribution in [0.3, 0.4) is 0 Å². The molecule has 7 rings (SSSR count). The van der Waals surface area contributed by atoms with Gasteiger partial charge >= 0.3 is 29.8 Å². The van der Waals surface area contributed by atoms with Crippen molar-refractivity contribution in [1.29, 1.82) is 0 Å². The molecule has 6 aliphatic rings. The van der Waals surface area contributed by atoms with E-state index < -0.39 is 129 Å². The Kier molecular flexibility index (Phi) is 8.97. The largest absolute Gasteiger partial charge is 0.472 e. The molecule has 1 spiro atoms. The zero-order chi connectivity index (χ0) is 39.5. The number of aliphatic hydroxyl groups excluding tert-OH is 1. The molecule has 16 atom stereocenters. The van der Waals surface area contributed by atoms with Crippen molar-refractivity contribution in [3.05, 3.63) is 24.2 Å². The number of ketones is 1. The maximum absolute atomic E-state index is 15.8. The van der Waals surface area contributed by atoms with Crippen LogP contribution in [0.15, 0.2) is 23.0 Å². The molecule has 0 unspecified atom stereocenters. The Morgan fingerprint density at radius 3 is 2.09 bits per heavy atom. The van der Waals surface area contributed by atoms with Gasteiger partial charge in [0.05, 0.1) is 48.1 Å². The number of hydrogen-bond donors (Lipinski definition) is 1. The highest BCUT2D eigenvalue weighted by atomic mass is 16.7. The number of fused-ring (bicyclic) bond motifs is 1. The predicted octanol–water partition coefficient (Wildman–Crippen LogP) is 3.18. The molecule has 15 nitrogen and oxygen atoms in total. The lowest BCUT2D eigenvalue weighted by Crippen LogP contribution is -2.85. The van der Waals surface area contributed by atoms with Crippen molar-refractivity contribution in [1.82, 2.24) is 0 Å². The molecule has 1 N–H and O–H groups in total. The second-order valence-electron chi connectivity index (χ2n) is 16.9. The minimum atomic E-state index is -1.65. The Morgan fingerprint density at radius 2 is 1.52 bits per heavy atom. The summed E-state index contributed by atoms with van der Waals surface area (Å²) in [5.41, 5.74) is -6.42. The number of carbonyl (C=O) groups is 6. The van der Waals surface area contributed by atoms with E-state index in [1.807, 2.05) is 13.8 Å². The molecule has 4 saturated carbocycles. The fourth-order valence-electron chi connectivity index (χ4n) is 12.2. The lowest BCUT2D eigenvalue weighted by molar-refractivity contribution is -0.391. The van der Waals surface area contributed by atoms with Gasteiger partial charge in [0, 0.05) is 50.4 Å². The summed E-state index contributed by atoms with van der Waals surface area (Å²) >= 11 is 0. The molecule has 1 aromatic heterocycles. The van der Waals surface area contributed by atoms with E-state index in [1.165, 1.54) is 13.2 Å². The highest BCUT2D eigenvalue weighted by molar-refractivity contribution is 5.93. The minimum absolute atomic E-state index is 0.0810. The van der Waals surface area contributed by atoms with Crippen LogP contribution in [-0.4, -0.2) is 95.9 Å². The number of epoxide rings is 1. The Labute approximate surface area is 313 Å². The lowest BCUT2D eigenvalue weighted by Gasteiger charge is -2.73. The number of carbonyl (C=O) groups excluding carboxylic acids is 6. The molecule has 15 heteroatoms. The van der Waals surface area contributed by atoms with Gasteiger partial charge in [0.1, 0.15) is 5.60 Å². The van der Waals surface area contributed by atoms with Gasteiger partial charge in [-0.25, -0.2) is 0 Å². The van der Waals surface area contributed by atoms with Crippen molar-refractivity contribution >= 4 is 35.6 Å². The number of rotatable bonds is 8. The van der Waals surface area contributed by atoms with Crippen LogP contribution in [0.2, 0.25) is 0 Å². The number of furan rings is 1. The summed E-state index contributed by atoms with van der Waals surface area (Å²) in [7, 11) is 0. The molecule has 1 aromatic rings. The number of esters is 5. The Hall–Kier alpha value is -3.82. The quantitative estimate of drug-likeness (QED) is 0.230. The standard InChI is InChI=1S/C39H50O15/c1-10-17(2)33(46)53-34-35(7)24-14-25(44)37(9)29(38(24,16-48-34)32(52-21(6)43)28(49-18(3)40)31(35)51-20(5)42)27(45)30(50-19(4)41)36(8)23(22-11-12-47-15-22)13-26-39(36,37)54-26/h11-12,15,17,23-26,28-32,34,44H,10,13-14,16H2,1-9H3/t17-,23-,24-,25+,26+,28-,29-,30-,31+,32-,34-,35+,36+,37+,38-,39+/m0/s1. The van der Waals surface area contributed by atoms with Crippen LogP contribution in [0, 0.1) is 39.4 Å². The number of Topliss-reactive ketones (excluding diaryl/α,β-unsaturated/α-hetero) is 1. The van der Waals surface area contributed by atoms with Crippen molar-refractivity contribution < 1.29 is 71.4 Å². The molecule has 0 amide bonds. The highest BCUT2D eigenvalue weighted by Gasteiger charge is 2.93. The summed E-state index contributed by atoms with van der Waals surface area (Å²) in [5.74, 6) is -7.50. The van der Waals surface area contributed by atoms with Crippen molar-refractivity contribution in [2.24, 2.45) is 39.4 Å². The summed E-state index contributed by atoms with van der Waals surface area (Å²) in [5, 5.41) is 12.8. The third-order valence-electron chi connectivity index (χ3n) is 14.4. The van der Waals surface area contributed by atoms with Crippen molar-refractivity contribution in [2.75, 3.05) is 6.61 Å². The first-order chi connectivity index (χ1) is 25.3. The average Bonchev–Trinajstić information content (AvgIpc) is 3.45. The Morgan fingerprint density at radius 1 is 0.889 bits per heavy atom. The fourth-order valence-corrected chi connectivity index (χ4v) is 12.2. The summed E-state index contributed by atoms with van der Waals surface area (Å²) in [6.45, 7) is 13.1. The molecular formula is C39H50O15. The topological polar surface area (TPSA) is 204 Å². The van der Waals surface area contributed by atoms with E-state index in [9.17, 15) is 29.1 Å². The van der Waals surface area contributed by atoms with Crippen LogP contribution < -0.4 is 0 Å². The van der Waals surface area contributed by atoms with E-state index in [2.05, 4.69) is 0 Å². The molecule has 2 saturated heterocycles. The summed E-state index contributed by atoms with van der Waals surface area (Å²) < 4.78 is 48.9. The molecule has 54 heavy (non-hydrogen) atoms. The molecule has 2 bridgehead atoms. The van der Waals surface area contributed by atoms with Gasteiger partial charge in [-0.15, -0.1) is 0 Å². The van der Waals surface area contributed by atoms with E-state index in [0.29, 0.717) is 12.8 Å². The van der Waals surface area contributed by atoms with Gasteiger partial charge in [0.25, 0.3) is 0 Å². The van der Waals surface area contributed by atoms with Gasteiger partial charge in [-0.05, 0) is 43.7 Å². The summed E-state index contributed by atoms with van der Waals surface area (Å²) in [6, 6.07) is 1.79. The maximum Gasteiger partial charge on any atom is 0.310 e. The second kappa shape index (κ2) is 12.6. The van der Waals surface area contributed by atoms with Crippen LogP contribution in [0.1, 0.15) is 93.1 Å². The summed E-state index contributed by atoms with van der Waals surface area (Å²) in [6.07, 6.45) is -5.23. The SMILES string of the molecule is CC[C@H](C)C(=O)O[C@@H]1OC[C@@]23[C@H]4C(=O)[C@H](OC(C)=O)[C@@]5(C)[C@H](c6ccoc6)C[C@H]6O[C@]65[C@]4(C)[C@H](O)C[C@H]2[C@]1(C)[C@H](OC(C)=O)[C@H](OC(C)=O)[C@@H]3OC(C)=O. The van der Waals surface area contributed by atoms with Gasteiger partial charge in [-0.3, -0.25) is 28.8 Å². The Bertz CT molecular complexity index is 1760. The van der Waals surface area contributed by atoms with E-state index >= 15 is 4.79 Å². The Balaban J connectivity index is 1.50. The molecule has 0 radical (unpaired) electrons. The van der Waals surface area contributed by atoms with E-state index in [-0.39, 0.29) is 13.0 Å². The predicted molar refractivity (Wildman–Crippen MR) is 181 cm³/mol. The smallest absolute Gasteiger partial charge is 0.310 e. The number of hydrogen-bond acceptors (Lipinski definition) is 15. The van der Waals surface area contributed by atoms with Gasteiger partial charge in [0.2, 0.25) is 6.29 Å². The fraction of sp³-hybridized carbons (Fsp3) is 0.744. The van der Waals surface area contributed by atoms with E-state index in [0.717, 1.165) is 26.3 Å². The van der Waals surface area contributed by atoms with Crippen LogP contribution in [-0.2, 0) is 61.9 Å². The number of ether oxygens (including phenoxy) is 7. The van der Waals surface area contributed by atoms with Gasteiger partial charge in [-0.2, -0.15) is 0 Å². The van der Waals surface area contributed by atoms with Gasteiger partial charge in [0.15, 0.2) is 30.2 Å². The van der Waals surface area contributed by atoms with Crippen molar-refractivity contribution in [3.63, 3.8) is 0 Å². The summed E-state index contributed by atoms with van der Waals surface area (Å²) in [4.78, 5) is 81.2. The van der Waals surface area contributed by atoms with E-state index in [1.54, 1.807) is 33.1 Å². The first-order valence-electron chi connectivity index (χ1n) is 18.7. The second-order valence-corrected chi connectivity index (χ2v) is 16.9. The lowest BCUT2D eigenvalue weighted by atomic mass is 9.33. The number of aliphatic hydroxyl groups is 1. The zero-order valence-electron chi connectivity index (χ0n) is 32.1. The normalized spacial score (nSPS) is 46.0. The van der Waals surface area contributed by atoms with Gasteiger partial charge < -0.3 is 42.7 Å². The molecule has 4 aliphatic carbocycles. The average molecular weight is 759 g/mol. The van der Waals surface area contributed by atoms with Crippen LogP contribution in [0.5, 0.6) is 0 Å². The first-order valence-corrected chi connectivity index (χ1v) is 18.7. The van der Waals surface area contributed by atoms with Crippen molar-refractivity contribution in [2.45, 2.75) is 136 Å². The highest BCUT2D eigenvalue weighted by Crippen LogP contribution is 2.83. The third kappa shape index (κ3) is 4.76. The van der Waals surface area contributed by atoms with Gasteiger partial charge in [-0.1, -0.05) is 27.7 Å². The molecule has 2 aliphatic heterocycles.